The second-order valence-electron chi connectivity index (χ2n) is 2.54. The molecular weight excluding hydrogens is 188 g/mol. The average Bonchev–Trinajstić information content (AvgIpc) is 2.07. The van der Waals surface area contributed by atoms with Crippen LogP contribution in [0.2, 0.25) is 0 Å². The smallest absolute Gasteiger partial charge is 0.322 e. The highest BCUT2D eigenvalue weighted by atomic mass is 16.5. The van der Waals surface area contributed by atoms with Crippen LogP contribution in [-0.4, -0.2) is 22.2 Å². The number of phenols is 1. The fourth-order valence-electron chi connectivity index (χ4n) is 0.805. The molecule has 0 spiro atoms. The Morgan fingerprint density at radius 2 is 1.79 bits per heavy atom. The maximum atomic E-state index is 10.8. The van der Waals surface area contributed by atoms with Gasteiger partial charge in [-0.1, -0.05) is 0 Å². The second kappa shape index (κ2) is 4.27. The van der Waals surface area contributed by atoms with E-state index in [-0.39, 0.29) is 11.5 Å². The highest BCUT2D eigenvalue weighted by molar-refractivity contribution is 5.91. The summed E-state index contributed by atoms with van der Waals surface area (Å²) in [6.07, 6.45) is -0.680. The number of aliphatic carboxylic acids is 1. The quantitative estimate of drug-likeness (QED) is 0.424. The zero-order chi connectivity index (χ0) is 10.6. The molecule has 0 aromatic heterocycles. The standard InChI is InChI=1S/C9H8O5/c10-6-1-3-7(4-2-6)14-9(13)5-8(11)12/h1-4,10H,5H2,(H,11,12). The van der Waals surface area contributed by atoms with E-state index in [0.29, 0.717) is 0 Å². The lowest BCUT2D eigenvalue weighted by Gasteiger charge is -2.01. The van der Waals surface area contributed by atoms with E-state index in [0.717, 1.165) is 0 Å². The van der Waals surface area contributed by atoms with Crippen molar-refractivity contribution in [2.24, 2.45) is 0 Å². The Balaban J connectivity index is 2.56. The molecule has 2 N–H and O–H groups in total. The minimum Gasteiger partial charge on any atom is -0.508 e. The SMILES string of the molecule is O=C(O)CC(=O)Oc1ccc(O)cc1. The van der Waals surface area contributed by atoms with Gasteiger partial charge in [0.05, 0.1) is 0 Å². The molecule has 74 valence electrons. The van der Waals surface area contributed by atoms with Gasteiger partial charge in [0.25, 0.3) is 0 Å². The van der Waals surface area contributed by atoms with Crippen molar-refractivity contribution in [3.8, 4) is 11.5 Å². The van der Waals surface area contributed by atoms with Gasteiger partial charge in [-0.05, 0) is 24.3 Å². The molecule has 14 heavy (non-hydrogen) atoms. The number of carboxylic acid groups (broad SMARTS) is 1. The molecule has 0 unspecified atom stereocenters. The Bertz CT molecular complexity index is 341. The first-order chi connectivity index (χ1) is 6.58. The number of phenolic OH excluding ortho intramolecular Hbond substituents is 1. The lowest BCUT2D eigenvalue weighted by Crippen LogP contribution is -2.12. The number of hydrogen-bond donors (Lipinski definition) is 2. The molecule has 5 heteroatoms. The minimum atomic E-state index is -1.24. The van der Waals surface area contributed by atoms with E-state index >= 15 is 0 Å². The predicted octanol–water partition coefficient (Wildman–Crippen LogP) is 0.772. The molecule has 5 nitrogen and oxygen atoms in total. The zero-order valence-corrected chi connectivity index (χ0v) is 7.14. The molecule has 0 bridgehead atoms. The molecule has 0 atom stereocenters. The summed E-state index contributed by atoms with van der Waals surface area (Å²) in [5.74, 6) is -1.84. The molecular formula is C9H8O5. The van der Waals surface area contributed by atoms with Crippen LogP contribution < -0.4 is 4.74 Å². The first kappa shape index (κ1) is 10.0. The number of benzene rings is 1. The van der Waals surface area contributed by atoms with Crippen LogP contribution >= 0.6 is 0 Å². The van der Waals surface area contributed by atoms with Crippen molar-refractivity contribution >= 4 is 11.9 Å². The highest BCUT2D eigenvalue weighted by Gasteiger charge is 2.09. The molecule has 0 amide bonds. The van der Waals surface area contributed by atoms with E-state index in [2.05, 4.69) is 4.74 Å². The molecule has 0 saturated heterocycles. The van der Waals surface area contributed by atoms with Crippen molar-refractivity contribution in [2.75, 3.05) is 0 Å². The number of ether oxygens (including phenoxy) is 1. The Morgan fingerprint density at radius 1 is 1.21 bits per heavy atom. The summed E-state index contributed by atoms with van der Waals surface area (Å²) >= 11 is 0. The number of esters is 1. The number of carbonyl (C=O) groups excluding carboxylic acids is 1. The first-order valence-electron chi connectivity index (χ1n) is 3.79. The Labute approximate surface area is 79.6 Å². The van der Waals surface area contributed by atoms with E-state index in [1.165, 1.54) is 24.3 Å². The van der Waals surface area contributed by atoms with Crippen LogP contribution in [0.25, 0.3) is 0 Å². The topological polar surface area (TPSA) is 83.8 Å². The molecule has 1 aromatic rings. The Morgan fingerprint density at radius 3 is 2.29 bits per heavy atom. The molecule has 0 radical (unpaired) electrons. The lowest BCUT2D eigenvalue weighted by molar-refractivity contribution is -0.145. The maximum Gasteiger partial charge on any atom is 0.322 e. The van der Waals surface area contributed by atoms with E-state index in [1.54, 1.807) is 0 Å². The summed E-state index contributed by atoms with van der Waals surface area (Å²) in [4.78, 5) is 21.0. The third kappa shape index (κ3) is 3.14. The Hall–Kier alpha value is -2.04. The van der Waals surface area contributed by atoms with Gasteiger partial charge in [-0.25, -0.2) is 0 Å². The summed E-state index contributed by atoms with van der Waals surface area (Å²) in [6.45, 7) is 0. The van der Waals surface area contributed by atoms with E-state index < -0.39 is 18.4 Å². The van der Waals surface area contributed by atoms with E-state index in [9.17, 15) is 9.59 Å². The summed E-state index contributed by atoms with van der Waals surface area (Å²) in [5, 5.41) is 17.2. The molecule has 0 aliphatic heterocycles. The third-order valence-electron chi connectivity index (χ3n) is 1.36. The molecule has 1 rings (SSSR count). The van der Waals surface area contributed by atoms with Gasteiger partial charge in [0.15, 0.2) is 0 Å². The van der Waals surface area contributed by atoms with Crippen molar-refractivity contribution in [2.45, 2.75) is 6.42 Å². The molecule has 0 saturated carbocycles. The summed E-state index contributed by atoms with van der Waals surface area (Å²) in [5.41, 5.74) is 0. The van der Waals surface area contributed by atoms with Gasteiger partial charge < -0.3 is 14.9 Å². The molecule has 1 aromatic carbocycles. The number of hydrogen-bond acceptors (Lipinski definition) is 4. The fourth-order valence-corrected chi connectivity index (χ4v) is 0.805. The molecule has 0 aliphatic rings. The monoisotopic (exact) mass is 196 g/mol. The van der Waals surface area contributed by atoms with Gasteiger partial charge in [-0.15, -0.1) is 0 Å². The van der Waals surface area contributed by atoms with Crippen molar-refractivity contribution < 1.29 is 24.5 Å². The zero-order valence-electron chi connectivity index (χ0n) is 7.14. The van der Waals surface area contributed by atoms with Crippen LogP contribution in [0.3, 0.4) is 0 Å². The first-order valence-corrected chi connectivity index (χ1v) is 3.79. The van der Waals surface area contributed by atoms with Crippen molar-refractivity contribution in [1.29, 1.82) is 0 Å². The molecule has 0 aliphatic carbocycles. The van der Waals surface area contributed by atoms with Gasteiger partial charge >= 0.3 is 11.9 Å². The van der Waals surface area contributed by atoms with Crippen LogP contribution in [0.5, 0.6) is 11.5 Å². The number of rotatable bonds is 3. The van der Waals surface area contributed by atoms with E-state index in [4.69, 9.17) is 10.2 Å². The predicted molar refractivity (Wildman–Crippen MR) is 46.0 cm³/mol. The van der Waals surface area contributed by atoms with Crippen molar-refractivity contribution in [3.05, 3.63) is 24.3 Å². The fraction of sp³-hybridized carbons (Fsp3) is 0.111. The van der Waals surface area contributed by atoms with Crippen LogP contribution in [0.1, 0.15) is 6.42 Å². The van der Waals surface area contributed by atoms with Crippen LogP contribution in [0.4, 0.5) is 0 Å². The summed E-state index contributed by atoms with van der Waals surface area (Å²) in [6, 6.07) is 5.41. The van der Waals surface area contributed by atoms with Gasteiger partial charge in [-0.2, -0.15) is 0 Å². The summed E-state index contributed by atoms with van der Waals surface area (Å²) < 4.78 is 4.65. The molecule has 0 heterocycles. The largest absolute Gasteiger partial charge is 0.508 e. The van der Waals surface area contributed by atoms with E-state index in [1.807, 2.05) is 0 Å². The van der Waals surface area contributed by atoms with Crippen LogP contribution in [-0.2, 0) is 9.59 Å². The van der Waals surface area contributed by atoms with Crippen molar-refractivity contribution in [1.82, 2.24) is 0 Å². The molecule has 0 fully saturated rings. The van der Waals surface area contributed by atoms with Crippen LogP contribution in [0.15, 0.2) is 24.3 Å². The minimum absolute atomic E-state index is 0.0445. The number of aromatic hydroxyl groups is 1. The van der Waals surface area contributed by atoms with Crippen LogP contribution in [0, 0.1) is 0 Å². The van der Waals surface area contributed by atoms with Crippen molar-refractivity contribution in [3.63, 3.8) is 0 Å². The normalized spacial score (nSPS) is 9.43. The third-order valence-corrected chi connectivity index (χ3v) is 1.36. The maximum absolute atomic E-state index is 10.8. The van der Waals surface area contributed by atoms with Gasteiger partial charge in [0.1, 0.15) is 17.9 Å². The highest BCUT2D eigenvalue weighted by Crippen LogP contribution is 2.16. The number of carbonyl (C=O) groups is 2. The van der Waals surface area contributed by atoms with Gasteiger partial charge in [0, 0.05) is 0 Å². The lowest BCUT2D eigenvalue weighted by atomic mass is 10.3. The van der Waals surface area contributed by atoms with Gasteiger partial charge in [0.2, 0.25) is 0 Å². The number of carboxylic acids is 1. The summed E-state index contributed by atoms with van der Waals surface area (Å²) in [7, 11) is 0. The van der Waals surface area contributed by atoms with Gasteiger partial charge in [-0.3, -0.25) is 9.59 Å². The Kier molecular flexibility index (Phi) is 3.06. The average molecular weight is 196 g/mol. The second-order valence-corrected chi connectivity index (χ2v) is 2.54.